The number of nitrogens with zero attached hydrogens (tertiary/aromatic N) is 5. The van der Waals surface area contributed by atoms with Crippen molar-refractivity contribution in [1.29, 1.82) is 0 Å². The third-order valence-corrected chi connectivity index (χ3v) is 7.48. The van der Waals surface area contributed by atoms with E-state index in [1.165, 1.54) is 11.3 Å². The van der Waals surface area contributed by atoms with Gasteiger partial charge in [-0.25, -0.2) is 4.79 Å². The van der Waals surface area contributed by atoms with Crippen LogP contribution in [0.4, 0.5) is 0 Å². The van der Waals surface area contributed by atoms with Crippen LogP contribution in [0.1, 0.15) is 29.6 Å². The van der Waals surface area contributed by atoms with Gasteiger partial charge in [-0.2, -0.15) is 0 Å². The van der Waals surface area contributed by atoms with E-state index in [0.717, 1.165) is 56.7 Å². The molecule has 0 saturated heterocycles. The van der Waals surface area contributed by atoms with Gasteiger partial charge in [-0.15, -0.1) is 15.3 Å². The topological polar surface area (TPSA) is 101 Å². The van der Waals surface area contributed by atoms with Gasteiger partial charge in [0.05, 0.1) is 18.8 Å². The average Bonchev–Trinajstić information content (AvgIpc) is 3.70. The van der Waals surface area contributed by atoms with Crippen LogP contribution in [0.3, 0.4) is 0 Å². The van der Waals surface area contributed by atoms with Gasteiger partial charge in [0, 0.05) is 11.1 Å². The Morgan fingerprint density at radius 2 is 1.24 bits per heavy atom. The number of benzene rings is 4. The van der Waals surface area contributed by atoms with Crippen LogP contribution in [0.25, 0.3) is 32.2 Å². The molecule has 9 nitrogen and oxygen atoms in total. The minimum atomic E-state index is -0.533. The summed E-state index contributed by atoms with van der Waals surface area (Å²) >= 11 is 1.48. The number of fused-ring (bicyclic) bond motifs is 1. The van der Waals surface area contributed by atoms with E-state index in [-0.39, 0.29) is 0 Å². The summed E-state index contributed by atoms with van der Waals surface area (Å²) in [6.07, 6.45) is 3.00. The first kappa shape index (κ1) is 27.1. The van der Waals surface area contributed by atoms with Crippen molar-refractivity contribution in [1.82, 2.24) is 25.4 Å². The van der Waals surface area contributed by atoms with Gasteiger partial charge in [-0.05, 0) is 85.1 Å². The van der Waals surface area contributed by atoms with Gasteiger partial charge in [-0.1, -0.05) is 58.6 Å². The summed E-state index contributed by atoms with van der Waals surface area (Å²) in [5.74, 6) is 1.20. The molecule has 0 amide bonds. The zero-order chi connectivity index (χ0) is 28.6. The van der Waals surface area contributed by atoms with Crippen molar-refractivity contribution in [2.45, 2.75) is 19.3 Å². The first-order chi connectivity index (χ1) is 20.7. The number of hydrogen-bond acceptors (Lipinski definition) is 9. The minimum Gasteiger partial charge on any atom is -0.494 e. The minimum absolute atomic E-state index is 0.388. The lowest BCUT2D eigenvalue weighted by atomic mass is 10.1. The molecule has 210 valence electrons. The Kier molecular flexibility index (Phi) is 8.42. The van der Waals surface area contributed by atoms with E-state index < -0.39 is 5.97 Å². The highest BCUT2D eigenvalue weighted by molar-refractivity contribution is 7.17. The molecular formula is C32H27N5O4S. The Balaban J connectivity index is 0.976. The van der Waals surface area contributed by atoms with Crippen LogP contribution < -0.4 is 14.3 Å². The molecule has 0 radical (unpaired) electrons. The Labute approximate surface area is 246 Å². The molecule has 2 heterocycles. The molecule has 42 heavy (non-hydrogen) atoms. The molecule has 6 rings (SSSR count). The average molecular weight is 578 g/mol. The molecule has 0 saturated carbocycles. The van der Waals surface area contributed by atoms with E-state index in [9.17, 15) is 4.79 Å². The predicted molar refractivity (Wildman–Crippen MR) is 161 cm³/mol. The third-order valence-electron chi connectivity index (χ3n) is 6.45. The first-order valence-corrected chi connectivity index (χ1v) is 14.4. The number of aromatic nitrogens is 5. The summed E-state index contributed by atoms with van der Waals surface area (Å²) in [6, 6.07) is 32.0. The summed E-state index contributed by atoms with van der Waals surface area (Å²) in [5.41, 5.74) is 3.47. The molecule has 0 aliphatic rings. The Morgan fingerprint density at radius 3 is 1.93 bits per heavy atom. The zero-order valence-corrected chi connectivity index (χ0v) is 23.4. The van der Waals surface area contributed by atoms with E-state index >= 15 is 0 Å². The van der Waals surface area contributed by atoms with Gasteiger partial charge in [0.1, 0.15) is 32.5 Å². The molecule has 10 heteroatoms. The van der Waals surface area contributed by atoms with Crippen LogP contribution in [-0.4, -0.2) is 44.5 Å². The van der Waals surface area contributed by atoms with E-state index in [0.29, 0.717) is 29.8 Å². The van der Waals surface area contributed by atoms with Crippen molar-refractivity contribution in [2.24, 2.45) is 0 Å². The van der Waals surface area contributed by atoms with Crippen LogP contribution in [0.5, 0.6) is 11.5 Å². The lowest BCUT2D eigenvalue weighted by Gasteiger charge is -2.08. The van der Waals surface area contributed by atoms with Crippen LogP contribution in [0.15, 0.2) is 103 Å². The maximum absolute atomic E-state index is 12.6. The number of ether oxygens (including phenoxy) is 2. The number of para-hydroxylation sites is 2. The highest BCUT2D eigenvalue weighted by atomic mass is 32.1. The second-order valence-corrected chi connectivity index (χ2v) is 10.4. The molecule has 4 aromatic carbocycles. The molecule has 0 aliphatic carbocycles. The molecule has 0 spiro atoms. The van der Waals surface area contributed by atoms with Gasteiger partial charge in [0.25, 0.3) is 0 Å². The second kappa shape index (κ2) is 13.0. The largest absolute Gasteiger partial charge is 0.494 e. The summed E-state index contributed by atoms with van der Waals surface area (Å²) < 4.78 is 11.6. The fraction of sp³-hybridized carbons (Fsp3) is 0.156. The van der Waals surface area contributed by atoms with E-state index in [4.69, 9.17) is 14.3 Å². The van der Waals surface area contributed by atoms with E-state index in [1.807, 2.05) is 78.9 Å². The van der Waals surface area contributed by atoms with E-state index in [2.05, 4.69) is 20.5 Å². The van der Waals surface area contributed by atoms with Crippen molar-refractivity contribution in [2.75, 3.05) is 13.2 Å². The van der Waals surface area contributed by atoms with Gasteiger partial charge >= 0.3 is 5.97 Å². The van der Waals surface area contributed by atoms with Crippen molar-refractivity contribution in [3.05, 3.63) is 109 Å². The van der Waals surface area contributed by atoms with Gasteiger partial charge in [0.15, 0.2) is 0 Å². The van der Waals surface area contributed by atoms with Gasteiger partial charge in [-0.3, -0.25) is 0 Å². The van der Waals surface area contributed by atoms with Crippen molar-refractivity contribution in [3.63, 3.8) is 0 Å². The fourth-order valence-corrected chi connectivity index (χ4v) is 5.08. The molecule has 0 bridgehead atoms. The lowest BCUT2D eigenvalue weighted by Crippen LogP contribution is -2.20. The van der Waals surface area contributed by atoms with Gasteiger partial charge < -0.3 is 14.3 Å². The monoisotopic (exact) mass is 577 g/mol. The molecule has 6 aromatic rings. The predicted octanol–water partition coefficient (Wildman–Crippen LogP) is 6.51. The van der Waals surface area contributed by atoms with Crippen LogP contribution in [0.2, 0.25) is 0 Å². The number of hydrogen-bond donors (Lipinski definition) is 0. The maximum atomic E-state index is 12.6. The molecule has 0 atom stereocenters. The van der Waals surface area contributed by atoms with Gasteiger partial charge in [0.2, 0.25) is 0 Å². The molecule has 0 unspecified atom stereocenters. The van der Waals surface area contributed by atoms with Crippen LogP contribution >= 0.6 is 11.3 Å². The smallest absolute Gasteiger partial charge is 0.365 e. The SMILES string of the molecule is O=C(On1nnc2ccccc21)c1ccc(-c2nnc(-c3ccc(OCCCCCOc4ccccc4)cc3)s2)cc1. The third kappa shape index (κ3) is 6.61. The van der Waals surface area contributed by atoms with E-state index in [1.54, 1.807) is 24.3 Å². The highest BCUT2D eigenvalue weighted by Crippen LogP contribution is 2.31. The Bertz CT molecular complexity index is 1750. The summed E-state index contributed by atoms with van der Waals surface area (Å²) in [6.45, 7) is 1.37. The van der Waals surface area contributed by atoms with Crippen molar-refractivity contribution >= 4 is 28.3 Å². The molecular weight excluding hydrogens is 550 g/mol. The molecule has 0 fully saturated rings. The number of rotatable bonds is 12. The number of carbonyl (C=O) groups is 1. The summed E-state index contributed by atoms with van der Waals surface area (Å²) in [5, 5.41) is 18.2. The molecule has 0 N–H and O–H groups in total. The number of carbonyl (C=O) groups excluding carboxylic acids is 1. The van der Waals surface area contributed by atoms with Crippen LogP contribution in [0, 0.1) is 0 Å². The fourth-order valence-electron chi connectivity index (χ4n) is 4.22. The first-order valence-electron chi connectivity index (χ1n) is 13.6. The highest BCUT2D eigenvalue weighted by Gasteiger charge is 2.14. The Hall–Kier alpha value is -5.09. The molecule has 2 aromatic heterocycles. The lowest BCUT2D eigenvalue weighted by molar-refractivity contribution is 0.0409. The van der Waals surface area contributed by atoms with Crippen molar-refractivity contribution < 1.29 is 19.1 Å². The Morgan fingerprint density at radius 1 is 0.643 bits per heavy atom. The quantitative estimate of drug-likeness (QED) is 0.120. The normalized spacial score (nSPS) is 11.0. The zero-order valence-electron chi connectivity index (χ0n) is 22.6. The second-order valence-electron chi connectivity index (χ2n) is 9.41. The maximum Gasteiger partial charge on any atom is 0.365 e. The molecule has 0 aliphatic heterocycles. The summed E-state index contributed by atoms with van der Waals surface area (Å²) in [7, 11) is 0. The number of unbranched alkanes of at least 4 members (excludes halogenated alkanes) is 2. The standard InChI is InChI=1S/C32H27N5O4S/c38-32(41-37-29-12-6-5-11-28(29)33-36-37)25-15-13-23(14-16-25)30-34-35-31(42-30)24-17-19-27(20-18-24)40-22-8-2-7-21-39-26-9-3-1-4-10-26/h1,3-6,9-20H,2,7-8,21-22H2. The summed E-state index contributed by atoms with van der Waals surface area (Å²) in [4.78, 5) is 19.2. The van der Waals surface area contributed by atoms with Crippen LogP contribution in [-0.2, 0) is 0 Å². The van der Waals surface area contributed by atoms with Crippen molar-refractivity contribution in [3.8, 4) is 32.6 Å².